The van der Waals surface area contributed by atoms with E-state index in [1.807, 2.05) is 30.3 Å². The number of hydrogen-bond acceptors (Lipinski definition) is 7. The highest BCUT2D eigenvalue weighted by Gasteiger charge is 2.29. The van der Waals surface area contributed by atoms with Gasteiger partial charge in [-0.3, -0.25) is 15.0 Å². The zero-order valence-corrected chi connectivity index (χ0v) is 19.3. The first-order valence-electron chi connectivity index (χ1n) is 10.5. The summed E-state index contributed by atoms with van der Waals surface area (Å²) in [4.78, 5) is 31.4. The third kappa shape index (κ3) is 6.38. The molecule has 0 bridgehead atoms. The van der Waals surface area contributed by atoms with Crippen molar-refractivity contribution in [3.63, 3.8) is 0 Å². The summed E-state index contributed by atoms with van der Waals surface area (Å²) in [5.41, 5.74) is 0.738. The number of carboxylic acids is 2. The molecule has 0 atom stereocenters. The number of rotatable bonds is 5. The summed E-state index contributed by atoms with van der Waals surface area (Å²) in [7, 11) is -3.57. The number of carboxylic acid groups (broad SMARTS) is 2. The molecule has 0 aromatic heterocycles. The molecule has 3 aromatic carbocycles. The van der Waals surface area contributed by atoms with Gasteiger partial charge in [0.15, 0.2) is 0 Å². The van der Waals surface area contributed by atoms with Gasteiger partial charge < -0.3 is 10.2 Å². The third-order valence-corrected chi connectivity index (χ3v) is 7.35. The highest BCUT2D eigenvalue weighted by Crippen LogP contribution is 2.24. The number of hydrogen-bond donors (Lipinski definition) is 2. The van der Waals surface area contributed by atoms with Gasteiger partial charge in [-0.1, -0.05) is 48.5 Å². The van der Waals surface area contributed by atoms with Crippen molar-refractivity contribution in [1.29, 1.82) is 0 Å². The van der Waals surface area contributed by atoms with E-state index in [-0.39, 0.29) is 10.6 Å². The van der Waals surface area contributed by atoms with Crippen LogP contribution in [0.15, 0.2) is 71.6 Å². The lowest BCUT2D eigenvalue weighted by molar-refractivity contribution is -0.385. The molecule has 0 amide bonds. The van der Waals surface area contributed by atoms with Crippen molar-refractivity contribution in [3.05, 3.63) is 82.4 Å². The summed E-state index contributed by atoms with van der Waals surface area (Å²) in [6.45, 7) is 2.20. The monoisotopic (exact) mass is 501 g/mol. The van der Waals surface area contributed by atoms with Gasteiger partial charge in [0.1, 0.15) is 0 Å². The van der Waals surface area contributed by atoms with Crippen LogP contribution >= 0.6 is 0 Å². The summed E-state index contributed by atoms with van der Waals surface area (Å²) in [6.07, 6.45) is 0. The normalized spacial score (nSPS) is 14.6. The number of para-hydroxylation sites is 1. The number of aliphatic carboxylic acids is 2. The minimum absolute atomic E-state index is 0.0960. The van der Waals surface area contributed by atoms with E-state index in [1.165, 1.54) is 10.4 Å². The second-order valence-corrected chi connectivity index (χ2v) is 9.62. The molecular formula is C23H23N3O8S. The van der Waals surface area contributed by atoms with Gasteiger partial charge in [0, 0.05) is 44.4 Å². The standard InChI is InChI=1S/C21H21N3O4S.C2H2O4/c25-24(26)21-8-4-3-7-19(21)16-22-11-13-23(14-12-22)29(27,28)20-10-9-17-5-1-2-6-18(17)15-20;3-1(4)2(5)6/h1-10,15H,11-14,16H2;(H,3,4)(H,5,6). The average Bonchev–Trinajstić information content (AvgIpc) is 2.84. The third-order valence-electron chi connectivity index (χ3n) is 5.46. The van der Waals surface area contributed by atoms with Crippen LogP contribution in [0.3, 0.4) is 0 Å². The Morgan fingerprint density at radius 3 is 2.03 bits per heavy atom. The first kappa shape index (κ1) is 25.7. The molecule has 12 heteroatoms. The molecule has 2 N–H and O–H groups in total. The molecule has 1 saturated heterocycles. The fraction of sp³-hybridized carbons (Fsp3) is 0.217. The summed E-state index contributed by atoms with van der Waals surface area (Å²) in [5, 5.41) is 27.9. The van der Waals surface area contributed by atoms with E-state index < -0.39 is 22.0 Å². The summed E-state index contributed by atoms with van der Waals surface area (Å²) in [5.74, 6) is -3.65. The smallest absolute Gasteiger partial charge is 0.414 e. The highest BCUT2D eigenvalue weighted by molar-refractivity contribution is 7.89. The summed E-state index contributed by atoms with van der Waals surface area (Å²) in [6, 6.07) is 19.5. The molecule has 1 heterocycles. The van der Waals surface area contributed by atoms with E-state index in [0.29, 0.717) is 43.2 Å². The van der Waals surface area contributed by atoms with Gasteiger partial charge in [0.2, 0.25) is 10.0 Å². The van der Waals surface area contributed by atoms with Gasteiger partial charge >= 0.3 is 11.9 Å². The maximum atomic E-state index is 13.1. The van der Waals surface area contributed by atoms with E-state index in [0.717, 1.165) is 10.8 Å². The molecule has 35 heavy (non-hydrogen) atoms. The van der Waals surface area contributed by atoms with Crippen LogP contribution in [0.25, 0.3) is 10.8 Å². The number of nitrogens with zero attached hydrogens (tertiary/aromatic N) is 3. The van der Waals surface area contributed by atoms with Crippen molar-refractivity contribution >= 4 is 38.4 Å². The molecule has 3 aromatic rings. The topological polar surface area (TPSA) is 158 Å². The molecule has 0 aliphatic carbocycles. The molecule has 4 rings (SSSR count). The molecule has 0 unspecified atom stereocenters. The van der Waals surface area contributed by atoms with Crippen molar-refractivity contribution < 1.29 is 33.1 Å². The minimum atomic E-state index is -3.57. The number of fused-ring (bicyclic) bond motifs is 1. The second-order valence-electron chi connectivity index (χ2n) is 7.69. The highest BCUT2D eigenvalue weighted by atomic mass is 32.2. The van der Waals surface area contributed by atoms with Crippen molar-refractivity contribution in [2.75, 3.05) is 26.2 Å². The fourth-order valence-electron chi connectivity index (χ4n) is 3.67. The van der Waals surface area contributed by atoms with Crippen molar-refractivity contribution in [1.82, 2.24) is 9.21 Å². The quantitative estimate of drug-likeness (QED) is 0.304. The van der Waals surface area contributed by atoms with E-state index in [2.05, 4.69) is 4.90 Å². The fourth-order valence-corrected chi connectivity index (χ4v) is 5.13. The summed E-state index contributed by atoms with van der Waals surface area (Å²) >= 11 is 0. The summed E-state index contributed by atoms with van der Waals surface area (Å²) < 4.78 is 27.6. The first-order valence-corrected chi connectivity index (χ1v) is 11.9. The van der Waals surface area contributed by atoms with E-state index >= 15 is 0 Å². The van der Waals surface area contributed by atoms with Crippen molar-refractivity contribution in [3.8, 4) is 0 Å². The average molecular weight is 502 g/mol. The van der Waals surface area contributed by atoms with Crippen LogP contribution in [-0.2, 0) is 26.2 Å². The number of piperazine rings is 1. The van der Waals surface area contributed by atoms with Crippen LogP contribution in [-0.4, -0.2) is 70.9 Å². The zero-order chi connectivity index (χ0) is 25.6. The molecule has 1 aliphatic rings. The maximum Gasteiger partial charge on any atom is 0.414 e. The Kier molecular flexibility index (Phi) is 8.12. The van der Waals surface area contributed by atoms with Crippen LogP contribution in [0.4, 0.5) is 5.69 Å². The Morgan fingerprint density at radius 2 is 1.43 bits per heavy atom. The van der Waals surface area contributed by atoms with Gasteiger partial charge in [-0.2, -0.15) is 4.31 Å². The molecule has 184 valence electrons. The Morgan fingerprint density at radius 1 is 0.857 bits per heavy atom. The van der Waals surface area contributed by atoms with Crippen LogP contribution in [0, 0.1) is 10.1 Å². The SMILES string of the molecule is O=C(O)C(=O)O.O=[N+]([O-])c1ccccc1CN1CCN(S(=O)(=O)c2ccc3ccccc3c2)CC1. The largest absolute Gasteiger partial charge is 0.473 e. The second kappa shape index (κ2) is 11.0. The van der Waals surface area contributed by atoms with Gasteiger partial charge in [-0.05, 0) is 22.9 Å². The Labute approximate surface area is 201 Å². The lowest BCUT2D eigenvalue weighted by Crippen LogP contribution is -2.48. The first-order chi connectivity index (χ1) is 16.6. The molecule has 11 nitrogen and oxygen atoms in total. The molecule has 0 spiro atoms. The van der Waals surface area contributed by atoms with Gasteiger partial charge in [0.05, 0.1) is 9.82 Å². The van der Waals surface area contributed by atoms with Crippen LogP contribution < -0.4 is 0 Å². The van der Waals surface area contributed by atoms with Crippen molar-refractivity contribution in [2.45, 2.75) is 11.4 Å². The molecular weight excluding hydrogens is 478 g/mol. The number of nitro benzene ring substituents is 1. The number of carbonyl (C=O) groups is 2. The van der Waals surface area contributed by atoms with Gasteiger partial charge in [-0.25, -0.2) is 18.0 Å². The van der Waals surface area contributed by atoms with Gasteiger partial charge in [-0.15, -0.1) is 0 Å². The predicted octanol–water partition coefficient (Wildman–Crippen LogP) is 2.41. The number of benzene rings is 3. The zero-order valence-electron chi connectivity index (χ0n) is 18.5. The van der Waals surface area contributed by atoms with Crippen molar-refractivity contribution in [2.24, 2.45) is 0 Å². The molecule has 1 aliphatic heterocycles. The molecule has 1 fully saturated rings. The Balaban J connectivity index is 0.000000509. The molecule has 0 saturated carbocycles. The minimum Gasteiger partial charge on any atom is -0.473 e. The van der Waals surface area contributed by atoms with Crippen LogP contribution in [0.5, 0.6) is 0 Å². The van der Waals surface area contributed by atoms with E-state index in [1.54, 1.807) is 30.3 Å². The van der Waals surface area contributed by atoms with Gasteiger partial charge in [0.25, 0.3) is 5.69 Å². The molecule has 0 radical (unpaired) electrons. The van der Waals surface area contributed by atoms with E-state index in [4.69, 9.17) is 19.8 Å². The lowest BCUT2D eigenvalue weighted by Gasteiger charge is -2.33. The maximum absolute atomic E-state index is 13.1. The Hall–Kier alpha value is -3.87. The number of sulfonamides is 1. The van der Waals surface area contributed by atoms with Crippen LogP contribution in [0.1, 0.15) is 5.56 Å². The van der Waals surface area contributed by atoms with E-state index in [9.17, 15) is 18.5 Å². The Bertz CT molecular complexity index is 1340. The number of nitro groups is 1. The lowest BCUT2D eigenvalue weighted by atomic mass is 10.1. The van der Waals surface area contributed by atoms with Crippen LogP contribution in [0.2, 0.25) is 0 Å². The predicted molar refractivity (Wildman–Crippen MR) is 126 cm³/mol.